The second-order valence-electron chi connectivity index (χ2n) is 1.93. The Kier molecular flexibility index (Phi) is 1.88. The molecule has 2 nitrogen and oxygen atoms in total. The number of halogens is 1. The van der Waals surface area contributed by atoms with Gasteiger partial charge in [0.05, 0.1) is 6.57 Å². The highest BCUT2D eigenvalue weighted by Crippen LogP contribution is 2.22. The second kappa shape index (κ2) is 2.68. The standard InChI is InChI=1S/C7H5ClN2/c1-5-3-6(9-2)7(8)10-4-5/h3-4H,1H3. The predicted octanol–water partition coefficient (Wildman–Crippen LogP) is 2.59. The molecule has 0 radical (unpaired) electrons. The molecule has 0 saturated heterocycles. The van der Waals surface area contributed by atoms with Gasteiger partial charge in [0, 0.05) is 6.20 Å². The average Bonchev–Trinajstić information content (AvgIpc) is 1.94. The minimum atomic E-state index is 0.278. The van der Waals surface area contributed by atoms with Crippen LogP contribution in [0.1, 0.15) is 5.56 Å². The van der Waals surface area contributed by atoms with E-state index in [9.17, 15) is 0 Å². The number of hydrogen-bond acceptors (Lipinski definition) is 1. The molecule has 0 bridgehead atoms. The summed E-state index contributed by atoms with van der Waals surface area (Å²) in [6, 6.07) is 1.71. The van der Waals surface area contributed by atoms with Gasteiger partial charge in [0.2, 0.25) is 5.69 Å². The van der Waals surface area contributed by atoms with Crippen LogP contribution < -0.4 is 0 Å². The lowest BCUT2D eigenvalue weighted by Gasteiger charge is -1.93. The molecule has 10 heavy (non-hydrogen) atoms. The fraction of sp³-hybridized carbons (Fsp3) is 0.143. The van der Waals surface area contributed by atoms with Crippen molar-refractivity contribution in [3.05, 3.63) is 34.4 Å². The number of nitrogens with zero attached hydrogens (tertiary/aromatic N) is 2. The zero-order chi connectivity index (χ0) is 7.56. The lowest BCUT2D eigenvalue weighted by Crippen LogP contribution is -1.76. The molecule has 1 rings (SSSR count). The van der Waals surface area contributed by atoms with Gasteiger partial charge in [0.15, 0.2) is 0 Å². The van der Waals surface area contributed by atoms with E-state index < -0.39 is 0 Å². The fourth-order valence-electron chi connectivity index (χ4n) is 0.616. The minimum absolute atomic E-state index is 0.278. The summed E-state index contributed by atoms with van der Waals surface area (Å²) in [6.07, 6.45) is 1.64. The Morgan fingerprint density at radius 3 is 2.90 bits per heavy atom. The lowest BCUT2D eigenvalue weighted by molar-refractivity contribution is 1.28. The summed E-state index contributed by atoms with van der Waals surface area (Å²) >= 11 is 5.57. The van der Waals surface area contributed by atoms with E-state index >= 15 is 0 Å². The number of rotatable bonds is 0. The van der Waals surface area contributed by atoms with Crippen LogP contribution in [0, 0.1) is 13.5 Å². The van der Waals surface area contributed by atoms with Crippen LogP contribution in [0.15, 0.2) is 12.3 Å². The van der Waals surface area contributed by atoms with E-state index in [1.807, 2.05) is 6.92 Å². The first kappa shape index (κ1) is 7.04. The maximum absolute atomic E-state index is 6.68. The van der Waals surface area contributed by atoms with Gasteiger partial charge in [-0.25, -0.2) is 4.85 Å². The van der Waals surface area contributed by atoms with Crippen molar-refractivity contribution in [2.45, 2.75) is 6.92 Å². The third-order valence-corrected chi connectivity index (χ3v) is 1.37. The molecule has 0 fully saturated rings. The Morgan fingerprint density at radius 1 is 1.70 bits per heavy atom. The predicted molar refractivity (Wildman–Crippen MR) is 40.2 cm³/mol. The van der Waals surface area contributed by atoms with Gasteiger partial charge in [-0.1, -0.05) is 11.6 Å². The molecular weight excluding hydrogens is 148 g/mol. The molecule has 0 unspecified atom stereocenters. The van der Waals surface area contributed by atoms with Crippen LogP contribution in [0.3, 0.4) is 0 Å². The van der Waals surface area contributed by atoms with Crippen molar-refractivity contribution in [3.63, 3.8) is 0 Å². The normalized spacial score (nSPS) is 8.90. The number of aryl methyl sites for hydroxylation is 1. The molecule has 0 N–H and O–H groups in total. The Balaban J connectivity index is 3.25. The van der Waals surface area contributed by atoms with Gasteiger partial charge in [-0.05, 0) is 18.6 Å². The molecule has 1 heterocycles. The summed E-state index contributed by atoms with van der Waals surface area (Å²) in [5.74, 6) is 0. The molecule has 50 valence electrons. The van der Waals surface area contributed by atoms with Crippen molar-refractivity contribution < 1.29 is 0 Å². The summed E-state index contributed by atoms with van der Waals surface area (Å²) in [4.78, 5) is 6.99. The van der Waals surface area contributed by atoms with E-state index in [1.165, 1.54) is 0 Å². The fourth-order valence-corrected chi connectivity index (χ4v) is 0.761. The molecule has 0 spiro atoms. The molecule has 1 aromatic heterocycles. The number of pyridine rings is 1. The molecule has 0 atom stereocenters. The third kappa shape index (κ3) is 1.26. The number of hydrogen-bond donors (Lipinski definition) is 0. The molecule has 3 heteroatoms. The van der Waals surface area contributed by atoms with Crippen molar-refractivity contribution in [1.82, 2.24) is 4.98 Å². The molecule has 0 saturated carbocycles. The first-order chi connectivity index (χ1) is 4.74. The highest BCUT2D eigenvalue weighted by molar-refractivity contribution is 6.32. The molecule has 0 aliphatic carbocycles. The van der Waals surface area contributed by atoms with Gasteiger partial charge in [0.25, 0.3) is 0 Å². The topological polar surface area (TPSA) is 17.2 Å². The Labute approximate surface area is 64.3 Å². The van der Waals surface area contributed by atoms with Crippen LogP contribution in [0.5, 0.6) is 0 Å². The highest BCUT2D eigenvalue weighted by Gasteiger charge is 1.98. The average molecular weight is 153 g/mol. The first-order valence-corrected chi connectivity index (χ1v) is 3.11. The van der Waals surface area contributed by atoms with Gasteiger partial charge in [-0.3, -0.25) is 4.98 Å². The molecular formula is C7H5ClN2. The van der Waals surface area contributed by atoms with E-state index in [0.29, 0.717) is 5.69 Å². The maximum atomic E-state index is 6.68. The first-order valence-electron chi connectivity index (χ1n) is 2.73. The summed E-state index contributed by atoms with van der Waals surface area (Å²) in [7, 11) is 0. The SMILES string of the molecule is [C-]#[N+]c1cc(C)cnc1Cl. The van der Waals surface area contributed by atoms with Gasteiger partial charge >= 0.3 is 0 Å². The summed E-state index contributed by atoms with van der Waals surface area (Å²) in [5.41, 5.74) is 1.37. The quantitative estimate of drug-likeness (QED) is 0.413. The Morgan fingerprint density at radius 2 is 2.40 bits per heavy atom. The van der Waals surface area contributed by atoms with Crippen LogP contribution >= 0.6 is 11.6 Å². The van der Waals surface area contributed by atoms with Gasteiger partial charge in [-0.2, -0.15) is 0 Å². The van der Waals surface area contributed by atoms with E-state index in [-0.39, 0.29) is 5.15 Å². The Bertz CT molecular complexity index is 288. The van der Waals surface area contributed by atoms with Crippen molar-refractivity contribution in [1.29, 1.82) is 0 Å². The minimum Gasteiger partial charge on any atom is -0.256 e. The van der Waals surface area contributed by atoms with E-state index in [4.69, 9.17) is 18.2 Å². The van der Waals surface area contributed by atoms with E-state index in [1.54, 1.807) is 12.3 Å². The van der Waals surface area contributed by atoms with Crippen LogP contribution in [0.4, 0.5) is 5.69 Å². The molecule has 0 aliphatic rings. The second-order valence-corrected chi connectivity index (χ2v) is 2.29. The summed E-state index contributed by atoms with van der Waals surface area (Å²) in [5, 5.41) is 0.278. The van der Waals surface area contributed by atoms with E-state index in [2.05, 4.69) is 9.83 Å². The summed E-state index contributed by atoms with van der Waals surface area (Å²) in [6.45, 7) is 8.55. The largest absolute Gasteiger partial charge is 0.256 e. The van der Waals surface area contributed by atoms with Crippen LogP contribution in [-0.4, -0.2) is 4.98 Å². The van der Waals surface area contributed by atoms with Crippen molar-refractivity contribution >= 4 is 17.3 Å². The molecule has 0 aliphatic heterocycles. The lowest BCUT2D eigenvalue weighted by atomic mass is 10.3. The van der Waals surface area contributed by atoms with Crippen LogP contribution in [0.2, 0.25) is 5.15 Å². The molecule has 1 aromatic rings. The van der Waals surface area contributed by atoms with Crippen molar-refractivity contribution in [3.8, 4) is 0 Å². The van der Waals surface area contributed by atoms with Crippen LogP contribution in [0.25, 0.3) is 4.85 Å². The van der Waals surface area contributed by atoms with Crippen molar-refractivity contribution in [2.24, 2.45) is 0 Å². The van der Waals surface area contributed by atoms with Gasteiger partial charge in [-0.15, -0.1) is 0 Å². The monoisotopic (exact) mass is 152 g/mol. The van der Waals surface area contributed by atoms with Gasteiger partial charge < -0.3 is 0 Å². The summed E-state index contributed by atoms with van der Waals surface area (Å²) < 4.78 is 0. The smallest absolute Gasteiger partial charge is 0.223 e. The highest BCUT2D eigenvalue weighted by atomic mass is 35.5. The van der Waals surface area contributed by atoms with E-state index in [0.717, 1.165) is 5.56 Å². The zero-order valence-corrected chi connectivity index (χ0v) is 6.18. The third-order valence-electron chi connectivity index (χ3n) is 1.08. The molecule has 0 aromatic carbocycles. The van der Waals surface area contributed by atoms with Crippen LogP contribution in [-0.2, 0) is 0 Å². The van der Waals surface area contributed by atoms with Crippen molar-refractivity contribution in [2.75, 3.05) is 0 Å². The maximum Gasteiger partial charge on any atom is 0.223 e. The molecule has 0 amide bonds. The zero-order valence-electron chi connectivity index (χ0n) is 5.43. The van der Waals surface area contributed by atoms with Gasteiger partial charge in [0.1, 0.15) is 5.15 Å². The number of aromatic nitrogens is 1. The Hall–Kier alpha value is -1.07.